The average molecular weight is 293 g/mol. The van der Waals surface area contributed by atoms with Crippen LogP contribution in [0.5, 0.6) is 0 Å². The minimum atomic E-state index is 0.171. The third-order valence-electron chi connectivity index (χ3n) is 2.99. The molecule has 0 bridgehead atoms. The van der Waals surface area contributed by atoms with Crippen molar-refractivity contribution in [3.05, 3.63) is 0 Å². The number of hydrogen-bond donors (Lipinski definition) is 0. The van der Waals surface area contributed by atoms with Gasteiger partial charge in [0.2, 0.25) is 0 Å². The van der Waals surface area contributed by atoms with Gasteiger partial charge in [-0.3, -0.25) is 0 Å². The van der Waals surface area contributed by atoms with E-state index in [0.29, 0.717) is 0 Å². The van der Waals surface area contributed by atoms with E-state index in [1.54, 1.807) is 0 Å². The smallest absolute Gasteiger partial charge is 0.0985 e. The maximum Gasteiger partial charge on any atom is 0.0985 e. The van der Waals surface area contributed by atoms with E-state index in [2.05, 4.69) is 22.2 Å². The van der Waals surface area contributed by atoms with Gasteiger partial charge in [-0.2, -0.15) is 0 Å². The third-order valence-corrected chi connectivity index (χ3v) is 5.44. The van der Waals surface area contributed by atoms with E-state index in [1.807, 2.05) is 0 Å². The van der Waals surface area contributed by atoms with Crippen LogP contribution in [0.2, 0.25) is 6.04 Å². The Bertz CT molecular complexity index is 94.7. The zero-order valence-electron chi connectivity index (χ0n) is 10.6. The number of unbranched alkanes of at least 4 members (excludes halogenated alkanes) is 10. The highest BCUT2D eigenvalue weighted by Gasteiger charge is 1.92. The van der Waals surface area contributed by atoms with Crippen molar-refractivity contribution in [2.75, 3.05) is 0 Å². The molecule has 0 aliphatic rings. The summed E-state index contributed by atoms with van der Waals surface area (Å²) in [6, 6.07) is 1.50. The van der Waals surface area contributed by atoms with Crippen molar-refractivity contribution in [1.82, 2.24) is 0 Å². The fourth-order valence-corrected chi connectivity index (χ4v) is 3.67. The summed E-state index contributed by atoms with van der Waals surface area (Å²) in [6.45, 7) is 2.29. The lowest BCUT2D eigenvalue weighted by atomic mass is 10.1. The SMILES string of the molecule is CCCCCCCCCCCCC[SiH2]Br. The Morgan fingerprint density at radius 2 is 1.07 bits per heavy atom. The van der Waals surface area contributed by atoms with Gasteiger partial charge in [-0.1, -0.05) is 83.6 Å². The van der Waals surface area contributed by atoms with Gasteiger partial charge in [0, 0.05) is 0 Å². The molecule has 0 nitrogen and oxygen atoms in total. The van der Waals surface area contributed by atoms with Crippen molar-refractivity contribution in [3.63, 3.8) is 0 Å². The third kappa shape index (κ3) is 14.7. The van der Waals surface area contributed by atoms with Crippen molar-refractivity contribution in [1.29, 1.82) is 0 Å². The summed E-state index contributed by atoms with van der Waals surface area (Å²) in [5, 5.41) is 0. The van der Waals surface area contributed by atoms with Gasteiger partial charge in [0.05, 0.1) is 8.14 Å². The zero-order chi connectivity index (χ0) is 11.2. The highest BCUT2D eigenvalue weighted by Crippen LogP contribution is 2.11. The molecule has 0 aromatic carbocycles. The van der Waals surface area contributed by atoms with Crippen LogP contribution >= 0.6 is 15.3 Å². The fourth-order valence-electron chi connectivity index (χ4n) is 1.94. The molecule has 0 rings (SSSR count). The van der Waals surface area contributed by atoms with E-state index in [-0.39, 0.29) is 8.14 Å². The van der Waals surface area contributed by atoms with Gasteiger partial charge >= 0.3 is 0 Å². The van der Waals surface area contributed by atoms with Gasteiger partial charge in [0.1, 0.15) is 0 Å². The van der Waals surface area contributed by atoms with Crippen molar-refractivity contribution in [3.8, 4) is 0 Å². The molecule has 0 aromatic rings. The number of halogens is 1. The van der Waals surface area contributed by atoms with Crippen LogP contribution in [0.1, 0.15) is 77.6 Å². The molecule has 0 N–H and O–H groups in total. The molecule has 0 saturated carbocycles. The summed E-state index contributed by atoms with van der Waals surface area (Å²) in [6.07, 6.45) is 16.1. The second-order valence-electron chi connectivity index (χ2n) is 4.58. The van der Waals surface area contributed by atoms with Crippen LogP contribution < -0.4 is 0 Å². The molecule has 0 spiro atoms. The molecule has 0 heterocycles. The Morgan fingerprint density at radius 3 is 1.47 bits per heavy atom. The first-order chi connectivity index (χ1) is 7.41. The molecule has 0 radical (unpaired) electrons. The number of rotatable bonds is 12. The van der Waals surface area contributed by atoms with E-state index < -0.39 is 0 Å². The zero-order valence-corrected chi connectivity index (χ0v) is 13.6. The average Bonchev–Trinajstić information content (AvgIpc) is 2.26. The highest BCUT2D eigenvalue weighted by atomic mass is 79.9. The van der Waals surface area contributed by atoms with E-state index in [0.717, 1.165) is 0 Å². The Kier molecular flexibility index (Phi) is 15.4. The molecule has 0 fully saturated rings. The van der Waals surface area contributed by atoms with Gasteiger partial charge in [0.25, 0.3) is 0 Å². The monoisotopic (exact) mass is 292 g/mol. The van der Waals surface area contributed by atoms with Crippen molar-refractivity contribution >= 4 is 23.4 Å². The van der Waals surface area contributed by atoms with Gasteiger partial charge in [-0.15, -0.1) is 15.3 Å². The predicted octanol–water partition coefficient (Wildman–Crippen LogP) is 5.19. The van der Waals surface area contributed by atoms with E-state index in [1.165, 1.54) is 76.7 Å². The normalized spacial score (nSPS) is 11.6. The van der Waals surface area contributed by atoms with Gasteiger partial charge < -0.3 is 0 Å². The maximum absolute atomic E-state index is 3.61. The second kappa shape index (κ2) is 14.7. The van der Waals surface area contributed by atoms with Crippen molar-refractivity contribution < 1.29 is 0 Å². The molecular weight excluding hydrogens is 264 g/mol. The highest BCUT2D eigenvalue weighted by molar-refractivity contribution is 9.23. The summed E-state index contributed by atoms with van der Waals surface area (Å²) < 4.78 is 0. The number of hydrogen-bond acceptors (Lipinski definition) is 0. The van der Waals surface area contributed by atoms with E-state index in [4.69, 9.17) is 0 Å². The Hall–Kier alpha value is 0.697. The minimum absolute atomic E-state index is 0.171. The molecule has 0 aromatic heterocycles. The summed E-state index contributed by atoms with van der Waals surface area (Å²) in [5.74, 6) is 0. The summed E-state index contributed by atoms with van der Waals surface area (Å²) in [4.78, 5) is 0. The Balaban J connectivity index is 2.81. The van der Waals surface area contributed by atoms with Crippen LogP contribution in [0.3, 0.4) is 0 Å². The first-order valence-corrected chi connectivity index (χ1v) is 11.9. The standard InChI is InChI=1S/C13H29BrSi/c1-2-3-4-5-6-7-8-9-10-11-12-13-15-14/h2-13,15H2,1H3. The van der Waals surface area contributed by atoms with Crippen molar-refractivity contribution in [2.45, 2.75) is 83.6 Å². The van der Waals surface area contributed by atoms with Gasteiger partial charge in [0.15, 0.2) is 0 Å². The molecule has 0 amide bonds. The molecule has 0 unspecified atom stereocenters. The Labute approximate surface area is 107 Å². The first-order valence-electron chi connectivity index (χ1n) is 6.97. The summed E-state index contributed by atoms with van der Waals surface area (Å²) in [7, 11) is 0.171. The van der Waals surface area contributed by atoms with Crippen LogP contribution in [0, 0.1) is 0 Å². The lowest BCUT2D eigenvalue weighted by Crippen LogP contribution is -1.83. The van der Waals surface area contributed by atoms with Crippen LogP contribution in [0.15, 0.2) is 0 Å². The molecule has 0 aliphatic carbocycles. The predicted molar refractivity (Wildman–Crippen MR) is 78.7 cm³/mol. The fraction of sp³-hybridized carbons (Fsp3) is 1.00. The summed E-state index contributed by atoms with van der Waals surface area (Å²) in [5.41, 5.74) is 0. The molecule has 15 heavy (non-hydrogen) atoms. The van der Waals surface area contributed by atoms with Crippen LogP contribution in [0.25, 0.3) is 0 Å². The van der Waals surface area contributed by atoms with Crippen LogP contribution in [-0.2, 0) is 0 Å². The van der Waals surface area contributed by atoms with Crippen molar-refractivity contribution in [2.24, 2.45) is 0 Å². The van der Waals surface area contributed by atoms with Crippen LogP contribution in [0.4, 0.5) is 0 Å². The minimum Gasteiger partial charge on any atom is -0.135 e. The molecule has 0 aliphatic heterocycles. The van der Waals surface area contributed by atoms with E-state index in [9.17, 15) is 0 Å². The summed E-state index contributed by atoms with van der Waals surface area (Å²) >= 11 is 3.61. The maximum atomic E-state index is 3.61. The van der Waals surface area contributed by atoms with Gasteiger partial charge in [-0.25, -0.2) is 0 Å². The molecule has 2 heteroatoms. The Morgan fingerprint density at radius 1 is 0.667 bits per heavy atom. The lowest BCUT2D eigenvalue weighted by molar-refractivity contribution is 0.554. The largest absolute Gasteiger partial charge is 0.135 e. The quantitative estimate of drug-likeness (QED) is 0.264. The lowest BCUT2D eigenvalue weighted by Gasteiger charge is -2.01. The molecular formula is C13H29BrSi. The topological polar surface area (TPSA) is 0 Å². The first kappa shape index (κ1) is 15.7. The molecule has 0 atom stereocenters. The van der Waals surface area contributed by atoms with Crippen LogP contribution in [-0.4, -0.2) is 8.14 Å². The van der Waals surface area contributed by atoms with E-state index >= 15 is 0 Å². The molecule has 0 saturated heterocycles. The second-order valence-corrected chi connectivity index (χ2v) is 8.04. The molecule has 92 valence electrons. The van der Waals surface area contributed by atoms with Gasteiger partial charge in [-0.05, 0) is 0 Å².